The van der Waals surface area contributed by atoms with Gasteiger partial charge in [0.25, 0.3) is 5.91 Å². The van der Waals surface area contributed by atoms with Crippen LogP contribution in [0.5, 0.6) is 5.75 Å². The van der Waals surface area contributed by atoms with Crippen LogP contribution in [0.3, 0.4) is 0 Å². The number of anilines is 3. The topological polar surface area (TPSA) is 73.9 Å². The quantitative estimate of drug-likeness (QED) is 0.265. The highest BCUT2D eigenvalue weighted by Crippen LogP contribution is 2.32. The first-order valence-corrected chi connectivity index (χ1v) is 14.4. The maximum Gasteiger partial charge on any atom is 0.253 e. The molecule has 0 bridgehead atoms. The molecule has 0 radical (unpaired) electrons. The Bertz CT molecular complexity index is 1460. The zero-order valence-corrected chi connectivity index (χ0v) is 24.4. The Morgan fingerprint density at radius 1 is 0.714 bits per heavy atom. The van der Waals surface area contributed by atoms with Gasteiger partial charge >= 0.3 is 0 Å². The van der Waals surface area contributed by atoms with E-state index in [1.165, 1.54) is 0 Å². The van der Waals surface area contributed by atoms with Gasteiger partial charge < -0.3 is 25.2 Å². The number of nitrogens with one attached hydrogen (secondary N) is 2. The first kappa shape index (κ1) is 28.7. The summed E-state index contributed by atoms with van der Waals surface area (Å²) in [5.41, 5.74) is 4.87. The Labute approximate surface area is 248 Å². The van der Waals surface area contributed by atoms with Gasteiger partial charge in [-0.05, 0) is 55.3 Å². The molecule has 0 atom stereocenters. The summed E-state index contributed by atoms with van der Waals surface area (Å²) < 4.78 is 5.57. The number of carbonyl (C=O) groups is 2. The molecule has 2 N–H and O–H groups in total. The van der Waals surface area contributed by atoms with Crippen LogP contribution < -0.4 is 25.2 Å². The van der Waals surface area contributed by atoms with Crippen molar-refractivity contribution in [2.45, 2.75) is 25.8 Å². The second-order valence-electron chi connectivity index (χ2n) is 10.7. The van der Waals surface area contributed by atoms with Crippen LogP contribution in [0.15, 0.2) is 103 Å². The van der Waals surface area contributed by atoms with Crippen LogP contribution in [-0.4, -0.2) is 51.1 Å². The second kappa shape index (κ2) is 13.3. The molecule has 1 heterocycles. The minimum absolute atomic E-state index is 0.0217. The fourth-order valence-electron chi connectivity index (χ4n) is 5.49. The molecule has 1 saturated heterocycles. The molecule has 1 fully saturated rings. The summed E-state index contributed by atoms with van der Waals surface area (Å²) in [4.78, 5) is 31.7. The molecule has 0 saturated carbocycles. The standard InChI is InChI=1S/C35H38N4O3/c1-25(2)36-34(40)29-24-28(37-35(41)33(26-12-6-4-7-13-26)27-14-8-5-9-15-27)18-19-30(29)38-20-22-39(23-21-38)31-16-10-11-17-32(31)42-3/h4-19,24-25,33H,20-23H2,1-3H3,(H,36,40)(H,37,41). The van der Waals surface area contributed by atoms with Crippen LogP contribution in [-0.2, 0) is 4.79 Å². The number of para-hydroxylation sites is 2. The molecule has 42 heavy (non-hydrogen) atoms. The molecule has 4 aromatic rings. The second-order valence-corrected chi connectivity index (χ2v) is 10.7. The van der Waals surface area contributed by atoms with Crippen molar-refractivity contribution >= 4 is 28.9 Å². The van der Waals surface area contributed by atoms with Crippen molar-refractivity contribution in [1.29, 1.82) is 0 Å². The van der Waals surface area contributed by atoms with Gasteiger partial charge in [0.2, 0.25) is 5.91 Å². The number of nitrogens with zero attached hydrogens (tertiary/aromatic N) is 2. The van der Waals surface area contributed by atoms with Gasteiger partial charge in [-0.15, -0.1) is 0 Å². The molecule has 0 spiro atoms. The third-order valence-electron chi connectivity index (χ3n) is 7.50. The van der Waals surface area contributed by atoms with E-state index in [0.29, 0.717) is 11.3 Å². The van der Waals surface area contributed by atoms with Gasteiger partial charge in [0.15, 0.2) is 0 Å². The summed E-state index contributed by atoms with van der Waals surface area (Å²) in [7, 11) is 1.69. The van der Waals surface area contributed by atoms with Crippen molar-refractivity contribution in [3.05, 3.63) is 120 Å². The molecule has 2 amide bonds. The molecule has 7 nitrogen and oxygen atoms in total. The molecular formula is C35H38N4O3. The van der Waals surface area contributed by atoms with Gasteiger partial charge in [-0.25, -0.2) is 0 Å². The van der Waals surface area contributed by atoms with Crippen molar-refractivity contribution in [3.8, 4) is 5.75 Å². The van der Waals surface area contributed by atoms with Gasteiger partial charge in [-0.1, -0.05) is 72.8 Å². The summed E-state index contributed by atoms with van der Waals surface area (Å²) in [5.74, 6) is 0.0575. The van der Waals surface area contributed by atoms with Crippen molar-refractivity contribution in [2.75, 3.05) is 48.4 Å². The van der Waals surface area contributed by atoms with E-state index in [9.17, 15) is 9.59 Å². The van der Waals surface area contributed by atoms with Crippen molar-refractivity contribution < 1.29 is 14.3 Å². The van der Waals surface area contributed by atoms with E-state index in [0.717, 1.165) is 54.4 Å². The molecular weight excluding hydrogens is 524 g/mol. The number of rotatable bonds is 9. The predicted molar refractivity (Wildman–Crippen MR) is 170 cm³/mol. The van der Waals surface area contributed by atoms with Crippen LogP contribution in [0.2, 0.25) is 0 Å². The monoisotopic (exact) mass is 562 g/mol. The average Bonchev–Trinajstić information content (AvgIpc) is 3.02. The highest BCUT2D eigenvalue weighted by molar-refractivity contribution is 6.03. The Balaban J connectivity index is 1.39. The van der Waals surface area contributed by atoms with Gasteiger partial charge in [0.05, 0.1) is 24.3 Å². The number of methoxy groups -OCH3 is 1. The summed E-state index contributed by atoms with van der Waals surface area (Å²) >= 11 is 0. The summed E-state index contributed by atoms with van der Waals surface area (Å²) in [6, 6.07) is 33.2. The maximum atomic E-state index is 13.7. The lowest BCUT2D eigenvalue weighted by Crippen LogP contribution is -2.47. The first-order chi connectivity index (χ1) is 20.4. The van der Waals surface area contributed by atoms with Crippen LogP contribution in [0.1, 0.15) is 41.3 Å². The molecule has 0 unspecified atom stereocenters. The Kier molecular flexibility index (Phi) is 9.07. The van der Waals surface area contributed by atoms with Crippen molar-refractivity contribution in [1.82, 2.24) is 5.32 Å². The largest absolute Gasteiger partial charge is 0.495 e. The van der Waals surface area contributed by atoms with E-state index in [4.69, 9.17) is 4.74 Å². The summed E-state index contributed by atoms with van der Waals surface area (Å²) in [6.45, 7) is 6.96. The van der Waals surface area contributed by atoms with E-state index in [1.54, 1.807) is 13.2 Å². The van der Waals surface area contributed by atoms with Crippen LogP contribution in [0.4, 0.5) is 17.1 Å². The molecule has 216 valence electrons. The van der Waals surface area contributed by atoms with E-state index < -0.39 is 5.92 Å². The highest BCUT2D eigenvalue weighted by atomic mass is 16.5. The van der Waals surface area contributed by atoms with Gasteiger partial charge in [0, 0.05) is 43.6 Å². The minimum Gasteiger partial charge on any atom is -0.495 e. The third kappa shape index (κ3) is 6.57. The van der Waals surface area contributed by atoms with Crippen molar-refractivity contribution in [2.24, 2.45) is 0 Å². The lowest BCUT2D eigenvalue weighted by molar-refractivity contribution is -0.116. The molecule has 7 heteroatoms. The van der Waals surface area contributed by atoms with Gasteiger partial charge in [-0.2, -0.15) is 0 Å². The van der Waals surface area contributed by atoms with Crippen LogP contribution in [0.25, 0.3) is 0 Å². The van der Waals surface area contributed by atoms with E-state index in [1.807, 2.05) is 105 Å². The van der Waals surface area contributed by atoms with E-state index in [2.05, 4.69) is 26.5 Å². The third-order valence-corrected chi connectivity index (χ3v) is 7.50. The molecule has 1 aliphatic heterocycles. The number of amides is 2. The smallest absolute Gasteiger partial charge is 0.253 e. The Morgan fingerprint density at radius 2 is 1.26 bits per heavy atom. The number of hydrogen-bond acceptors (Lipinski definition) is 5. The molecule has 5 rings (SSSR count). The molecule has 0 aliphatic carbocycles. The number of benzene rings is 4. The fraction of sp³-hybridized carbons (Fsp3) is 0.257. The van der Waals surface area contributed by atoms with Gasteiger partial charge in [0.1, 0.15) is 5.75 Å². The Hall–Kier alpha value is -4.78. The maximum absolute atomic E-state index is 13.7. The number of carbonyl (C=O) groups excluding carboxylic acids is 2. The van der Waals surface area contributed by atoms with Crippen molar-refractivity contribution in [3.63, 3.8) is 0 Å². The van der Waals surface area contributed by atoms with E-state index >= 15 is 0 Å². The lowest BCUT2D eigenvalue weighted by atomic mass is 9.90. The predicted octanol–water partition coefficient (Wildman–Crippen LogP) is 5.93. The van der Waals surface area contributed by atoms with Crippen LogP contribution >= 0.6 is 0 Å². The zero-order valence-electron chi connectivity index (χ0n) is 24.4. The number of piperazine rings is 1. The summed E-state index contributed by atoms with van der Waals surface area (Å²) in [6.07, 6.45) is 0. The fourth-order valence-corrected chi connectivity index (χ4v) is 5.49. The van der Waals surface area contributed by atoms with E-state index in [-0.39, 0.29) is 17.9 Å². The highest BCUT2D eigenvalue weighted by Gasteiger charge is 2.26. The minimum atomic E-state index is -0.483. The summed E-state index contributed by atoms with van der Waals surface area (Å²) in [5, 5.41) is 6.14. The van der Waals surface area contributed by atoms with Crippen LogP contribution in [0, 0.1) is 0 Å². The zero-order chi connectivity index (χ0) is 29.5. The molecule has 1 aliphatic rings. The average molecular weight is 563 g/mol. The SMILES string of the molecule is COc1ccccc1N1CCN(c2ccc(NC(=O)C(c3ccccc3)c3ccccc3)cc2C(=O)NC(C)C)CC1. The molecule has 0 aromatic heterocycles. The number of ether oxygens (including phenoxy) is 1. The number of hydrogen-bond donors (Lipinski definition) is 2. The Morgan fingerprint density at radius 3 is 1.83 bits per heavy atom. The lowest BCUT2D eigenvalue weighted by Gasteiger charge is -2.38. The first-order valence-electron chi connectivity index (χ1n) is 14.4. The molecule has 4 aromatic carbocycles. The normalized spacial score (nSPS) is 13.3. The van der Waals surface area contributed by atoms with Gasteiger partial charge in [-0.3, -0.25) is 9.59 Å².